The molecule has 7 heteroatoms. The van der Waals surface area contributed by atoms with E-state index in [1.54, 1.807) is 0 Å². The van der Waals surface area contributed by atoms with Crippen LogP contribution in [0.1, 0.15) is 0 Å². The Bertz CT molecular complexity index is 29.2. The Morgan fingerprint density at radius 3 is 1.00 bits per heavy atom. The standard InChI is InChI=1S/F2O2Si.2Li/c1-5(2,3)4;;/q-2;2*+1. The second-order valence-corrected chi connectivity index (χ2v) is 1.39. The van der Waals surface area contributed by atoms with Gasteiger partial charge in [0.15, 0.2) is 0 Å². The van der Waals surface area contributed by atoms with E-state index in [9.17, 15) is 8.22 Å². The van der Waals surface area contributed by atoms with E-state index < -0.39 is 9.23 Å². The maximum atomic E-state index is 10.0. The Kier molecular flexibility index (Phi) is 12.0. The van der Waals surface area contributed by atoms with Crippen molar-refractivity contribution in [2.75, 3.05) is 0 Å². The number of hydrogen-bond acceptors (Lipinski definition) is 2. The molecule has 0 unspecified atom stereocenters. The molecule has 0 bridgehead atoms. The van der Waals surface area contributed by atoms with Crippen molar-refractivity contribution in [2.24, 2.45) is 0 Å². The zero-order valence-corrected chi connectivity index (χ0v) is 5.07. The van der Waals surface area contributed by atoms with Gasteiger partial charge in [0, 0.05) is 0 Å². The van der Waals surface area contributed by atoms with Gasteiger partial charge in [-0.25, -0.2) is 0 Å². The molecule has 0 aromatic rings. The fourth-order valence-corrected chi connectivity index (χ4v) is 0. The van der Waals surface area contributed by atoms with Gasteiger partial charge in [0.2, 0.25) is 0 Å². The van der Waals surface area contributed by atoms with Gasteiger partial charge in [0.25, 0.3) is 9.23 Å². The number of rotatable bonds is 0. The van der Waals surface area contributed by atoms with Gasteiger partial charge in [-0.1, -0.05) is 0 Å². The summed E-state index contributed by atoms with van der Waals surface area (Å²) in [5.74, 6) is 0. The normalized spacial score (nSPS) is 8.57. The van der Waals surface area contributed by atoms with E-state index in [2.05, 4.69) is 0 Å². The van der Waals surface area contributed by atoms with Crippen LogP contribution in [0.15, 0.2) is 0 Å². The first-order chi connectivity index (χ1) is 2.00. The molecule has 0 radical (unpaired) electrons. The van der Waals surface area contributed by atoms with Crippen LogP contribution in [0.2, 0.25) is 0 Å². The molecule has 0 aliphatic carbocycles. The van der Waals surface area contributed by atoms with Crippen LogP contribution in [0.4, 0.5) is 8.22 Å². The van der Waals surface area contributed by atoms with E-state index in [1.165, 1.54) is 0 Å². The first kappa shape index (κ1) is 15.7. The first-order valence-electron chi connectivity index (χ1n) is 0.786. The molecular formula is F2Li2O2Si. The summed E-state index contributed by atoms with van der Waals surface area (Å²) in [7, 11) is -6.11. The van der Waals surface area contributed by atoms with E-state index in [-0.39, 0.29) is 37.7 Å². The van der Waals surface area contributed by atoms with Crippen LogP contribution in [-0.4, -0.2) is 9.23 Å². The third kappa shape index (κ3) is 136. The molecule has 0 amide bonds. The van der Waals surface area contributed by atoms with Gasteiger partial charge in [-0.2, -0.15) is 0 Å². The predicted octanol–water partition coefficient (Wildman–Crippen LogP) is -7.91. The largest absolute Gasteiger partial charge is 1.00 e. The second kappa shape index (κ2) is 5.33. The average molecular weight is 112 g/mol. The summed E-state index contributed by atoms with van der Waals surface area (Å²) in [5.41, 5.74) is 0. The zero-order valence-electron chi connectivity index (χ0n) is 4.07. The molecule has 2 nitrogen and oxygen atoms in total. The molecule has 0 aromatic heterocycles. The fraction of sp³-hybridized carbons (Fsp3) is 0. The van der Waals surface area contributed by atoms with Crippen molar-refractivity contribution in [3.05, 3.63) is 0 Å². The Labute approximate surface area is 64.9 Å². The molecule has 0 aromatic carbocycles. The predicted molar refractivity (Wildman–Crippen MR) is 7.97 cm³/mol. The van der Waals surface area contributed by atoms with Gasteiger partial charge in [-0.3, -0.25) is 0 Å². The SMILES string of the molecule is [Li+].[Li+].[O-][Si]([O-])(F)F. The van der Waals surface area contributed by atoms with Crippen molar-refractivity contribution in [1.82, 2.24) is 0 Å². The molecule has 0 atom stereocenters. The van der Waals surface area contributed by atoms with E-state index >= 15 is 0 Å². The summed E-state index contributed by atoms with van der Waals surface area (Å²) in [6.07, 6.45) is 0. The van der Waals surface area contributed by atoms with Gasteiger partial charge in [-0.15, -0.1) is 0 Å². The molecule has 0 fully saturated rings. The van der Waals surface area contributed by atoms with E-state index in [1.807, 2.05) is 0 Å². The molecule has 0 saturated heterocycles. The minimum absolute atomic E-state index is 0. The van der Waals surface area contributed by atoms with Crippen LogP contribution in [0.5, 0.6) is 0 Å². The van der Waals surface area contributed by atoms with Crippen molar-refractivity contribution < 1.29 is 55.5 Å². The summed E-state index contributed by atoms with van der Waals surface area (Å²) in [6, 6.07) is 0. The van der Waals surface area contributed by atoms with Gasteiger partial charge in [0.05, 0.1) is 0 Å². The molecular weight excluding hydrogens is 112 g/mol. The Morgan fingerprint density at radius 1 is 1.00 bits per heavy atom. The van der Waals surface area contributed by atoms with Crippen molar-refractivity contribution in [3.63, 3.8) is 0 Å². The summed E-state index contributed by atoms with van der Waals surface area (Å²) in [5, 5.41) is 0. The molecule has 0 aliphatic heterocycles. The topological polar surface area (TPSA) is 46.1 Å². The zero-order chi connectivity index (χ0) is 4.50. The Balaban J connectivity index is -0.0000000800. The Morgan fingerprint density at radius 2 is 1.00 bits per heavy atom. The third-order valence-corrected chi connectivity index (χ3v) is 0. The molecule has 0 rings (SSSR count). The summed E-state index contributed by atoms with van der Waals surface area (Å²) in [6.45, 7) is 0. The summed E-state index contributed by atoms with van der Waals surface area (Å²) in [4.78, 5) is 16.7. The molecule has 0 heterocycles. The molecule has 0 spiro atoms. The fourth-order valence-electron chi connectivity index (χ4n) is 0. The van der Waals surface area contributed by atoms with Crippen molar-refractivity contribution in [2.45, 2.75) is 0 Å². The van der Waals surface area contributed by atoms with Crippen LogP contribution < -0.4 is 47.3 Å². The maximum Gasteiger partial charge on any atom is 1.00 e. The summed E-state index contributed by atoms with van der Waals surface area (Å²) < 4.78 is 20.1. The van der Waals surface area contributed by atoms with Gasteiger partial charge >= 0.3 is 37.7 Å². The monoisotopic (exact) mass is 112 g/mol. The van der Waals surface area contributed by atoms with E-state index in [0.29, 0.717) is 0 Å². The van der Waals surface area contributed by atoms with Crippen molar-refractivity contribution in [1.29, 1.82) is 0 Å². The number of halogens is 2. The molecule has 0 aliphatic rings. The second-order valence-electron chi connectivity index (χ2n) is 0.463. The van der Waals surface area contributed by atoms with E-state index in [0.717, 1.165) is 0 Å². The van der Waals surface area contributed by atoms with Crippen LogP contribution in [0.3, 0.4) is 0 Å². The maximum absolute atomic E-state index is 10.0. The molecule has 7 heavy (non-hydrogen) atoms. The molecule has 32 valence electrons. The van der Waals surface area contributed by atoms with Gasteiger partial charge in [0.1, 0.15) is 0 Å². The van der Waals surface area contributed by atoms with Gasteiger partial charge < -0.3 is 17.8 Å². The molecule has 0 saturated carbocycles. The van der Waals surface area contributed by atoms with Crippen LogP contribution in [-0.2, 0) is 0 Å². The quantitative estimate of drug-likeness (QED) is 0.231. The first-order valence-corrected chi connectivity index (χ1v) is 2.36. The summed E-state index contributed by atoms with van der Waals surface area (Å²) >= 11 is 0. The molecule has 0 N–H and O–H groups in total. The Hall–Kier alpha value is 1.19. The average Bonchev–Trinajstić information content (AvgIpc) is 0.722. The van der Waals surface area contributed by atoms with Crippen LogP contribution in [0.25, 0.3) is 0 Å². The minimum Gasteiger partial charge on any atom is -0.821 e. The van der Waals surface area contributed by atoms with Gasteiger partial charge in [-0.05, 0) is 0 Å². The van der Waals surface area contributed by atoms with Crippen LogP contribution in [0, 0.1) is 0 Å². The number of hydrogen-bond donors (Lipinski definition) is 0. The van der Waals surface area contributed by atoms with Crippen molar-refractivity contribution >= 4 is 9.23 Å². The van der Waals surface area contributed by atoms with E-state index in [4.69, 9.17) is 9.59 Å². The minimum atomic E-state index is -6.11. The third-order valence-electron chi connectivity index (χ3n) is 0. The van der Waals surface area contributed by atoms with Crippen LogP contribution >= 0.6 is 0 Å². The smallest absolute Gasteiger partial charge is 0.821 e. The van der Waals surface area contributed by atoms with Crippen molar-refractivity contribution in [3.8, 4) is 0 Å².